The fourth-order valence-corrected chi connectivity index (χ4v) is 3.47. The van der Waals surface area contributed by atoms with Gasteiger partial charge in [0.15, 0.2) is 5.78 Å². The maximum absolute atomic E-state index is 12.7. The van der Waals surface area contributed by atoms with E-state index in [0.717, 1.165) is 24.1 Å². The van der Waals surface area contributed by atoms with Crippen LogP contribution in [-0.4, -0.2) is 40.3 Å². The van der Waals surface area contributed by atoms with E-state index in [1.807, 2.05) is 39.8 Å². The molecule has 2 amide bonds. The number of amides is 2. The second-order valence-electron chi connectivity index (χ2n) is 8.68. The Kier molecular flexibility index (Phi) is 6.01. The van der Waals surface area contributed by atoms with Crippen molar-refractivity contribution < 1.29 is 19.1 Å². The van der Waals surface area contributed by atoms with Crippen molar-refractivity contribution in [3.8, 4) is 0 Å². The lowest BCUT2D eigenvalue weighted by Gasteiger charge is -2.29. The van der Waals surface area contributed by atoms with Crippen LogP contribution in [0.15, 0.2) is 30.5 Å². The fraction of sp³-hybridized carbons (Fsp3) is 0.435. The summed E-state index contributed by atoms with van der Waals surface area (Å²) in [6, 6.07) is 7.10. The summed E-state index contributed by atoms with van der Waals surface area (Å²) in [5.74, 6) is -0.300. The molecular weight excluding hydrogens is 382 g/mol. The van der Waals surface area contributed by atoms with E-state index >= 15 is 0 Å². The number of benzene rings is 1. The van der Waals surface area contributed by atoms with Crippen LogP contribution in [0.1, 0.15) is 78.6 Å². The van der Waals surface area contributed by atoms with Crippen LogP contribution < -0.4 is 5.32 Å². The lowest BCUT2D eigenvalue weighted by Crippen LogP contribution is -2.35. The first-order valence-electron chi connectivity index (χ1n) is 10.2. The van der Waals surface area contributed by atoms with Gasteiger partial charge in [-0.25, -0.2) is 4.79 Å². The number of rotatable bonds is 4. The minimum atomic E-state index is -0.558. The first-order valence-corrected chi connectivity index (χ1v) is 10.2. The maximum Gasteiger partial charge on any atom is 0.410 e. The molecule has 1 aromatic carbocycles. The third-order valence-corrected chi connectivity index (χ3v) is 5.23. The van der Waals surface area contributed by atoms with E-state index in [1.54, 1.807) is 25.4 Å². The molecule has 160 valence electrons. The Labute approximate surface area is 176 Å². The lowest BCUT2D eigenvalue weighted by atomic mass is 9.93. The topological polar surface area (TPSA) is 91.5 Å². The Hall–Kier alpha value is -3.09. The average molecular weight is 412 g/mol. The molecule has 3 rings (SSSR count). The predicted molar refractivity (Wildman–Crippen MR) is 115 cm³/mol. The number of aromatic nitrogens is 1. The quantitative estimate of drug-likeness (QED) is 0.762. The number of fused-ring (bicyclic) bond motifs is 1. The highest BCUT2D eigenvalue weighted by Gasteiger charge is 2.26. The molecule has 1 heterocycles. The first kappa shape index (κ1) is 21.6. The number of carbonyl (C=O) groups is 3. The van der Waals surface area contributed by atoms with Gasteiger partial charge in [0.1, 0.15) is 5.60 Å². The molecule has 7 heteroatoms. The molecule has 1 unspecified atom stereocenters. The zero-order valence-electron chi connectivity index (χ0n) is 18.2. The van der Waals surface area contributed by atoms with Gasteiger partial charge in [-0.05, 0) is 58.2 Å². The summed E-state index contributed by atoms with van der Waals surface area (Å²) in [4.78, 5) is 41.8. The van der Waals surface area contributed by atoms with Gasteiger partial charge < -0.3 is 19.9 Å². The molecule has 1 aliphatic carbocycles. The van der Waals surface area contributed by atoms with Gasteiger partial charge in [-0.3, -0.25) is 9.59 Å². The molecule has 2 aromatic rings. The summed E-state index contributed by atoms with van der Waals surface area (Å²) >= 11 is 0. The SMILES string of the molecule is CC(c1ccc(NC(=O)c2c[nH]c3c2C(=O)CCC3)cc1)N(C)C(=O)OC(C)(C)C. The minimum Gasteiger partial charge on any atom is -0.444 e. The molecular formula is C23H29N3O4. The standard InChI is InChI=1S/C23H29N3O4/c1-14(26(5)22(29)30-23(2,3)4)15-9-11-16(12-10-15)25-21(28)17-13-24-18-7-6-8-19(27)20(17)18/h9-14,24H,6-8H2,1-5H3,(H,25,28). The fourth-order valence-electron chi connectivity index (χ4n) is 3.47. The summed E-state index contributed by atoms with van der Waals surface area (Å²) in [7, 11) is 1.69. The molecule has 0 saturated carbocycles. The van der Waals surface area contributed by atoms with E-state index in [-0.39, 0.29) is 17.7 Å². The number of ketones is 1. The van der Waals surface area contributed by atoms with Crippen LogP contribution in [0.3, 0.4) is 0 Å². The lowest BCUT2D eigenvalue weighted by molar-refractivity contribution is 0.0233. The van der Waals surface area contributed by atoms with Crippen molar-refractivity contribution in [3.63, 3.8) is 0 Å². The number of anilines is 1. The molecule has 1 aliphatic rings. The van der Waals surface area contributed by atoms with Crippen LogP contribution in [0.2, 0.25) is 0 Å². The Balaban J connectivity index is 1.68. The van der Waals surface area contributed by atoms with E-state index in [0.29, 0.717) is 23.2 Å². The minimum absolute atomic E-state index is 0.0111. The zero-order valence-corrected chi connectivity index (χ0v) is 18.2. The van der Waals surface area contributed by atoms with E-state index in [2.05, 4.69) is 10.3 Å². The largest absolute Gasteiger partial charge is 0.444 e. The number of ether oxygens (including phenoxy) is 1. The molecule has 0 radical (unpaired) electrons. The van der Waals surface area contributed by atoms with E-state index in [1.165, 1.54) is 4.90 Å². The number of aryl methyl sites for hydroxylation is 1. The number of Topliss-reactive ketones (excluding diaryl/α,β-unsaturated/α-hetero) is 1. The van der Waals surface area contributed by atoms with Crippen LogP contribution in [-0.2, 0) is 11.2 Å². The predicted octanol–water partition coefficient (Wildman–Crippen LogP) is 4.71. The molecule has 0 aliphatic heterocycles. The Morgan fingerprint density at radius 2 is 1.83 bits per heavy atom. The monoisotopic (exact) mass is 411 g/mol. The van der Waals surface area contributed by atoms with Crippen LogP contribution in [0.4, 0.5) is 10.5 Å². The van der Waals surface area contributed by atoms with Crippen LogP contribution in [0.25, 0.3) is 0 Å². The van der Waals surface area contributed by atoms with Crippen LogP contribution in [0, 0.1) is 0 Å². The molecule has 0 spiro atoms. The molecule has 0 bridgehead atoms. The van der Waals surface area contributed by atoms with Gasteiger partial charge in [0, 0.05) is 31.0 Å². The van der Waals surface area contributed by atoms with Crippen molar-refractivity contribution >= 4 is 23.5 Å². The summed E-state index contributed by atoms with van der Waals surface area (Å²) in [6.07, 6.45) is 3.28. The Bertz CT molecular complexity index is 954. The summed E-state index contributed by atoms with van der Waals surface area (Å²) < 4.78 is 5.41. The number of nitrogens with one attached hydrogen (secondary N) is 2. The van der Waals surface area contributed by atoms with Gasteiger partial charge in [-0.1, -0.05) is 12.1 Å². The van der Waals surface area contributed by atoms with Crippen LogP contribution in [0.5, 0.6) is 0 Å². The van der Waals surface area contributed by atoms with Crippen molar-refractivity contribution in [2.24, 2.45) is 0 Å². The maximum atomic E-state index is 12.7. The number of aromatic amines is 1. The van der Waals surface area contributed by atoms with Gasteiger partial charge in [0.25, 0.3) is 5.91 Å². The van der Waals surface area contributed by atoms with Gasteiger partial charge in [-0.15, -0.1) is 0 Å². The third-order valence-electron chi connectivity index (χ3n) is 5.23. The highest BCUT2D eigenvalue weighted by atomic mass is 16.6. The van der Waals surface area contributed by atoms with Crippen molar-refractivity contribution in [2.45, 2.75) is 58.6 Å². The zero-order chi connectivity index (χ0) is 22.1. The number of nitrogens with zero attached hydrogens (tertiary/aromatic N) is 1. The summed E-state index contributed by atoms with van der Waals surface area (Å²) in [6.45, 7) is 7.40. The van der Waals surface area contributed by atoms with Crippen LogP contribution >= 0.6 is 0 Å². The highest BCUT2D eigenvalue weighted by molar-refractivity contribution is 6.13. The summed E-state index contributed by atoms with van der Waals surface area (Å²) in [5.41, 5.74) is 2.72. The average Bonchev–Trinajstić information content (AvgIpc) is 3.12. The number of hydrogen-bond donors (Lipinski definition) is 2. The number of H-pyrrole nitrogens is 1. The van der Waals surface area contributed by atoms with E-state index < -0.39 is 11.7 Å². The molecule has 1 atom stereocenters. The van der Waals surface area contributed by atoms with Gasteiger partial charge in [0.2, 0.25) is 0 Å². The Morgan fingerprint density at radius 3 is 2.47 bits per heavy atom. The van der Waals surface area contributed by atoms with Crippen molar-refractivity contribution in [3.05, 3.63) is 52.8 Å². The second-order valence-corrected chi connectivity index (χ2v) is 8.68. The normalized spacial score (nSPS) is 14.6. The van der Waals surface area contributed by atoms with E-state index in [4.69, 9.17) is 4.74 Å². The first-order chi connectivity index (χ1) is 14.1. The van der Waals surface area contributed by atoms with Gasteiger partial charge >= 0.3 is 6.09 Å². The molecule has 2 N–H and O–H groups in total. The van der Waals surface area contributed by atoms with Gasteiger partial charge in [0.05, 0.1) is 17.2 Å². The highest BCUT2D eigenvalue weighted by Crippen LogP contribution is 2.26. The Morgan fingerprint density at radius 1 is 1.17 bits per heavy atom. The molecule has 30 heavy (non-hydrogen) atoms. The number of hydrogen-bond acceptors (Lipinski definition) is 4. The van der Waals surface area contributed by atoms with Crippen molar-refractivity contribution in [1.29, 1.82) is 0 Å². The smallest absolute Gasteiger partial charge is 0.410 e. The molecule has 7 nitrogen and oxygen atoms in total. The second kappa shape index (κ2) is 8.34. The molecule has 1 aromatic heterocycles. The van der Waals surface area contributed by atoms with Gasteiger partial charge in [-0.2, -0.15) is 0 Å². The van der Waals surface area contributed by atoms with Crippen molar-refractivity contribution in [1.82, 2.24) is 9.88 Å². The summed E-state index contributed by atoms with van der Waals surface area (Å²) in [5, 5.41) is 2.85. The third kappa shape index (κ3) is 4.72. The molecule has 0 fully saturated rings. The number of carbonyl (C=O) groups excluding carboxylic acids is 3. The molecule has 0 saturated heterocycles. The van der Waals surface area contributed by atoms with Crippen molar-refractivity contribution in [2.75, 3.05) is 12.4 Å². The van der Waals surface area contributed by atoms with E-state index in [9.17, 15) is 14.4 Å².